The number of hydrogen-bond acceptors (Lipinski definition) is 6. The van der Waals surface area contributed by atoms with E-state index in [0.717, 1.165) is 0 Å². The van der Waals surface area contributed by atoms with Gasteiger partial charge in [-0.15, -0.1) is 0 Å². The molecule has 0 bridgehead atoms. The number of carbonyl (C=O) groups is 3. The minimum atomic E-state index is -0.795. The normalized spacial score (nSPS) is 11.5. The third-order valence-electron chi connectivity index (χ3n) is 3.22. The van der Waals surface area contributed by atoms with Crippen LogP contribution in [0.5, 0.6) is 0 Å². The predicted molar refractivity (Wildman–Crippen MR) is 92.4 cm³/mol. The van der Waals surface area contributed by atoms with E-state index < -0.39 is 30.6 Å². The van der Waals surface area contributed by atoms with Gasteiger partial charge in [0.1, 0.15) is 5.76 Å². The molecule has 0 saturated carbocycles. The molecular weight excluding hydrogens is 364 g/mol. The second kappa shape index (κ2) is 8.86. The third-order valence-corrected chi connectivity index (χ3v) is 3.47. The molecule has 0 radical (unpaired) electrons. The van der Waals surface area contributed by atoms with Crippen molar-refractivity contribution < 1.29 is 23.6 Å². The molecule has 0 aliphatic rings. The number of primary amides is 1. The molecule has 1 aromatic carbocycles. The maximum Gasteiger partial charge on any atom is 0.312 e. The standard InChI is InChI=1S/C16H17ClN4O5/c1-9-6-13(21-26-9)20-14(22)8-25-15(23)7-12(19-16(18)24)10-2-4-11(17)5-3-10/h2-6,12H,7-8H2,1H3,(H3,18,19,24)(H,20,21,22)/t12-/m0/s1. The summed E-state index contributed by atoms with van der Waals surface area (Å²) in [6, 6.07) is 6.55. The van der Waals surface area contributed by atoms with Crippen LogP contribution in [0.1, 0.15) is 23.8 Å². The molecule has 0 aliphatic carbocycles. The fraction of sp³-hybridized carbons (Fsp3) is 0.250. The zero-order chi connectivity index (χ0) is 19.1. The quantitative estimate of drug-likeness (QED) is 0.627. The van der Waals surface area contributed by atoms with Crippen LogP contribution in [-0.2, 0) is 14.3 Å². The van der Waals surface area contributed by atoms with Gasteiger partial charge in [-0.25, -0.2) is 4.79 Å². The Balaban J connectivity index is 1.88. The number of anilines is 1. The molecule has 4 N–H and O–H groups in total. The number of urea groups is 1. The maximum absolute atomic E-state index is 12.0. The van der Waals surface area contributed by atoms with Crippen molar-refractivity contribution in [3.05, 3.63) is 46.7 Å². The van der Waals surface area contributed by atoms with Crippen molar-refractivity contribution in [1.82, 2.24) is 10.5 Å². The van der Waals surface area contributed by atoms with Gasteiger partial charge in [-0.1, -0.05) is 28.9 Å². The molecular formula is C16H17ClN4O5. The predicted octanol–water partition coefficient (Wildman–Crippen LogP) is 1.92. The number of aryl methyl sites for hydroxylation is 1. The Morgan fingerprint density at radius 2 is 2.00 bits per heavy atom. The zero-order valence-electron chi connectivity index (χ0n) is 13.8. The van der Waals surface area contributed by atoms with Gasteiger partial charge in [0.05, 0.1) is 12.5 Å². The summed E-state index contributed by atoms with van der Waals surface area (Å²) in [6.07, 6.45) is -0.207. The first-order valence-corrected chi connectivity index (χ1v) is 7.91. The van der Waals surface area contributed by atoms with Crippen LogP contribution in [0.25, 0.3) is 0 Å². The number of ether oxygens (including phenoxy) is 1. The molecule has 2 rings (SSSR count). The average Bonchev–Trinajstić information content (AvgIpc) is 2.97. The molecule has 9 nitrogen and oxygen atoms in total. The molecule has 138 valence electrons. The average molecular weight is 381 g/mol. The largest absolute Gasteiger partial charge is 0.455 e. The van der Waals surface area contributed by atoms with Gasteiger partial charge in [0.2, 0.25) is 0 Å². The summed E-state index contributed by atoms with van der Waals surface area (Å²) in [5.41, 5.74) is 5.76. The van der Waals surface area contributed by atoms with E-state index in [1.54, 1.807) is 31.2 Å². The Bertz CT molecular complexity index is 790. The number of amides is 3. The van der Waals surface area contributed by atoms with Crippen LogP contribution < -0.4 is 16.4 Å². The van der Waals surface area contributed by atoms with Gasteiger partial charge in [0.25, 0.3) is 5.91 Å². The molecule has 1 atom stereocenters. The van der Waals surface area contributed by atoms with E-state index in [9.17, 15) is 14.4 Å². The summed E-state index contributed by atoms with van der Waals surface area (Å²) in [6.45, 7) is 1.17. The van der Waals surface area contributed by atoms with E-state index in [1.807, 2.05) is 0 Å². The van der Waals surface area contributed by atoms with Crippen LogP contribution >= 0.6 is 11.6 Å². The Morgan fingerprint density at radius 3 is 2.58 bits per heavy atom. The van der Waals surface area contributed by atoms with E-state index in [0.29, 0.717) is 16.3 Å². The number of nitrogens with one attached hydrogen (secondary N) is 2. The van der Waals surface area contributed by atoms with Crippen molar-refractivity contribution >= 4 is 35.3 Å². The maximum atomic E-state index is 12.0. The number of benzene rings is 1. The Kier molecular flexibility index (Phi) is 6.56. The van der Waals surface area contributed by atoms with Gasteiger partial charge in [-0.05, 0) is 24.6 Å². The van der Waals surface area contributed by atoms with Gasteiger partial charge in [0.15, 0.2) is 12.4 Å². The lowest BCUT2D eigenvalue weighted by molar-refractivity contribution is -0.147. The van der Waals surface area contributed by atoms with E-state index in [2.05, 4.69) is 15.8 Å². The number of esters is 1. The minimum Gasteiger partial charge on any atom is -0.455 e. The van der Waals surface area contributed by atoms with E-state index in [-0.39, 0.29) is 12.2 Å². The lowest BCUT2D eigenvalue weighted by atomic mass is 10.0. The molecule has 0 fully saturated rings. The Labute approximate surface area is 153 Å². The fourth-order valence-electron chi connectivity index (χ4n) is 2.09. The van der Waals surface area contributed by atoms with Crippen molar-refractivity contribution in [1.29, 1.82) is 0 Å². The van der Waals surface area contributed by atoms with E-state index in [1.165, 1.54) is 6.07 Å². The van der Waals surface area contributed by atoms with Crippen molar-refractivity contribution in [2.24, 2.45) is 5.73 Å². The first kappa shape index (κ1) is 19.3. The third kappa shape index (κ3) is 6.10. The molecule has 1 aromatic heterocycles. The van der Waals surface area contributed by atoms with Crippen molar-refractivity contribution in [2.45, 2.75) is 19.4 Å². The lowest BCUT2D eigenvalue weighted by Gasteiger charge is -2.17. The highest BCUT2D eigenvalue weighted by Gasteiger charge is 2.19. The number of rotatable bonds is 7. The lowest BCUT2D eigenvalue weighted by Crippen LogP contribution is -2.35. The molecule has 0 aliphatic heterocycles. The number of aromatic nitrogens is 1. The molecule has 0 saturated heterocycles. The first-order chi connectivity index (χ1) is 12.3. The van der Waals surface area contributed by atoms with Gasteiger partial charge < -0.3 is 25.6 Å². The number of halogens is 1. The second-order valence-corrected chi connectivity index (χ2v) is 5.78. The molecule has 26 heavy (non-hydrogen) atoms. The summed E-state index contributed by atoms with van der Waals surface area (Å²) >= 11 is 5.82. The molecule has 0 unspecified atom stereocenters. The number of nitrogens with two attached hydrogens (primary N) is 1. The highest BCUT2D eigenvalue weighted by Crippen LogP contribution is 2.20. The summed E-state index contributed by atoms with van der Waals surface area (Å²) < 4.78 is 9.72. The van der Waals surface area contributed by atoms with Crippen molar-refractivity contribution in [3.63, 3.8) is 0 Å². The van der Waals surface area contributed by atoms with Crippen LogP contribution in [0.15, 0.2) is 34.9 Å². The molecule has 3 amide bonds. The van der Waals surface area contributed by atoms with Crippen molar-refractivity contribution in [2.75, 3.05) is 11.9 Å². The summed E-state index contributed by atoms with van der Waals surface area (Å²) in [5, 5.41) is 8.96. The summed E-state index contributed by atoms with van der Waals surface area (Å²) in [7, 11) is 0. The van der Waals surface area contributed by atoms with Gasteiger partial charge in [0, 0.05) is 11.1 Å². The fourth-order valence-corrected chi connectivity index (χ4v) is 2.22. The Morgan fingerprint density at radius 1 is 1.31 bits per heavy atom. The highest BCUT2D eigenvalue weighted by molar-refractivity contribution is 6.30. The summed E-state index contributed by atoms with van der Waals surface area (Å²) in [4.78, 5) is 34.9. The summed E-state index contributed by atoms with van der Waals surface area (Å²) in [5.74, 6) is -0.513. The van der Waals surface area contributed by atoms with E-state index >= 15 is 0 Å². The SMILES string of the molecule is Cc1cc(NC(=O)COC(=O)C[C@H](NC(N)=O)c2ccc(Cl)cc2)no1. The van der Waals surface area contributed by atoms with Crippen LogP contribution in [0.2, 0.25) is 5.02 Å². The topological polar surface area (TPSA) is 137 Å². The van der Waals surface area contributed by atoms with Crippen LogP contribution in [0.4, 0.5) is 10.6 Å². The monoisotopic (exact) mass is 380 g/mol. The Hall–Kier alpha value is -3.07. The van der Waals surface area contributed by atoms with Gasteiger partial charge in [-0.3, -0.25) is 9.59 Å². The molecule has 1 heterocycles. The van der Waals surface area contributed by atoms with Crippen LogP contribution in [0.3, 0.4) is 0 Å². The minimum absolute atomic E-state index is 0.207. The molecule has 10 heteroatoms. The molecule has 0 spiro atoms. The van der Waals surface area contributed by atoms with Gasteiger partial charge >= 0.3 is 12.0 Å². The first-order valence-electron chi connectivity index (χ1n) is 7.53. The second-order valence-electron chi connectivity index (χ2n) is 5.35. The zero-order valence-corrected chi connectivity index (χ0v) is 14.6. The molecule has 2 aromatic rings. The van der Waals surface area contributed by atoms with Crippen LogP contribution in [0, 0.1) is 6.92 Å². The number of hydrogen-bond donors (Lipinski definition) is 3. The number of carbonyl (C=O) groups excluding carboxylic acids is 3. The highest BCUT2D eigenvalue weighted by atomic mass is 35.5. The number of nitrogens with zero attached hydrogens (tertiary/aromatic N) is 1. The van der Waals surface area contributed by atoms with Crippen molar-refractivity contribution in [3.8, 4) is 0 Å². The van der Waals surface area contributed by atoms with Gasteiger partial charge in [-0.2, -0.15) is 0 Å². The van der Waals surface area contributed by atoms with E-state index in [4.69, 9.17) is 26.6 Å². The van der Waals surface area contributed by atoms with Crippen LogP contribution in [-0.4, -0.2) is 29.7 Å². The smallest absolute Gasteiger partial charge is 0.312 e.